The van der Waals surface area contributed by atoms with E-state index in [-0.39, 0.29) is 0 Å². The van der Waals surface area contributed by atoms with E-state index in [1.54, 1.807) is 0 Å². The van der Waals surface area contributed by atoms with Gasteiger partial charge in [0.25, 0.3) is 0 Å². The van der Waals surface area contributed by atoms with Gasteiger partial charge in [0.05, 0.1) is 11.4 Å². The van der Waals surface area contributed by atoms with Gasteiger partial charge in [0.1, 0.15) is 0 Å². The number of alkyl halides is 3. The van der Waals surface area contributed by atoms with Crippen molar-refractivity contribution in [3.8, 4) is 0 Å². The molecule has 0 amide bonds. The molecule has 1 aromatic heterocycles. The highest BCUT2D eigenvalue weighted by Crippen LogP contribution is 2.35. The summed E-state index contributed by atoms with van der Waals surface area (Å²) < 4.78 is 45.1. The Balaban J connectivity index is 1.48. The zero-order valence-electron chi connectivity index (χ0n) is 19.4. The summed E-state index contributed by atoms with van der Waals surface area (Å²) >= 11 is 0. The maximum absolute atomic E-state index is 13.2. The molecule has 2 atom stereocenters. The fourth-order valence-corrected chi connectivity index (χ4v) is 5.44. The van der Waals surface area contributed by atoms with Crippen molar-refractivity contribution in [2.75, 3.05) is 33.4 Å². The first-order valence-corrected chi connectivity index (χ1v) is 11.7. The predicted octanol–water partition coefficient (Wildman–Crippen LogP) is 4.14. The van der Waals surface area contributed by atoms with Crippen molar-refractivity contribution in [1.29, 1.82) is 0 Å². The van der Waals surface area contributed by atoms with Crippen LogP contribution >= 0.6 is 0 Å². The Morgan fingerprint density at radius 2 is 1.97 bits per heavy atom. The molecule has 178 valence electrons. The third-order valence-corrected chi connectivity index (χ3v) is 7.50. The summed E-state index contributed by atoms with van der Waals surface area (Å²) in [6, 6.07) is 2.62. The summed E-state index contributed by atoms with van der Waals surface area (Å²) in [4.78, 5) is 11.2. The molecule has 2 saturated heterocycles. The molecule has 0 aliphatic carbocycles. The van der Waals surface area contributed by atoms with Crippen LogP contribution < -0.4 is 0 Å². The van der Waals surface area contributed by atoms with Gasteiger partial charge in [-0.15, -0.1) is 0 Å². The lowest BCUT2D eigenvalue weighted by molar-refractivity contribution is -0.137. The summed E-state index contributed by atoms with van der Waals surface area (Å²) in [6.45, 7) is 12.6. The van der Waals surface area contributed by atoms with Crippen molar-refractivity contribution in [1.82, 2.24) is 19.7 Å². The molecule has 0 aromatic carbocycles. The molecule has 8 heteroatoms. The normalized spacial score (nSPS) is 25.0. The quantitative estimate of drug-likeness (QED) is 0.671. The molecule has 0 spiro atoms. The maximum Gasteiger partial charge on any atom is 0.417 e. The molecule has 0 radical (unpaired) electrons. The zero-order chi connectivity index (χ0) is 23.0. The Morgan fingerprint density at radius 3 is 2.62 bits per heavy atom. The second-order valence-corrected chi connectivity index (χ2v) is 9.78. The number of ether oxygens (including phenoxy) is 1. The van der Waals surface area contributed by atoms with E-state index in [0.29, 0.717) is 42.6 Å². The number of rotatable bonds is 5. The van der Waals surface area contributed by atoms with E-state index in [1.807, 2.05) is 0 Å². The third-order valence-electron chi connectivity index (χ3n) is 7.50. The Kier molecular flexibility index (Phi) is 6.73. The second-order valence-electron chi connectivity index (χ2n) is 9.78. The van der Waals surface area contributed by atoms with E-state index >= 15 is 0 Å². The monoisotopic (exact) mass is 452 g/mol. The molecule has 2 fully saturated rings. The fourth-order valence-electron chi connectivity index (χ4n) is 5.44. The van der Waals surface area contributed by atoms with E-state index in [0.717, 1.165) is 63.3 Å². The molecule has 5 nitrogen and oxygen atoms in total. The van der Waals surface area contributed by atoms with Gasteiger partial charge >= 0.3 is 6.18 Å². The molecule has 3 aliphatic heterocycles. The summed E-state index contributed by atoms with van der Waals surface area (Å²) in [7, 11) is 2.23. The van der Waals surface area contributed by atoms with Crippen LogP contribution in [0.4, 0.5) is 13.2 Å². The van der Waals surface area contributed by atoms with E-state index < -0.39 is 11.7 Å². The molecule has 0 bridgehead atoms. The van der Waals surface area contributed by atoms with E-state index in [9.17, 15) is 13.2 Å². The van der Waals surface area contributed by atoms with Gasteiger partial charge in [-0.2, -0.15) is 13.2 Å². The number of likely N-dealkylation sites (N-methyl/N-ethyl adjacent to an activating group) is 1. The Labute approximate surface area is 189 Å². The van der Waals surface area contributed by atoms with Gasteiger partial charge in [0.2, 0.25) is 0 Å². The molecule has 3 aliphatic rings. The largest absolute Gasteiger partial charge is 0.417 e. The van der Waals surface area contributed by atoms with Crippen molar-refractivity contribution < 1.29 is 17.9 Å². The van der Waals surface area contributed by atoms with Gasteiger partial charge in [-0.3, -0.25) is 9.88 Å². The minimum absolute atomic E-state index is 0.371. The van der Waals surface area contributed by atoms with Gasteiger partial charge in [-0.1, -0.05) is 20.4 Å². The van der Waals surface area contributed by atoms with Gasteiger partial charge in [-0.05, 0) is 43.9 Å². The van der Waals surface area contributed by atoms with Crippen LogP contribution in [0, 0.1) is 5.92 Å². The number of hydrogen-bond donors (Lipinski definition) is 0. The lowest BCUT2D eigenvalue weighted by atomic mass is 9.98. The standard InChI is InChI=1S/C24H35F3N4O/c1-16(2)23-12-21(29(4)20-6-9-32-10-7-20)15-31(23)17(3)30-8-5-22-18(14-30)11-19(13-28-22)24(25,26)27/h11,13,16,20-21,23H,3,5-10,12,14-15H2,1-2,4H3/t21?,23-/m0/s1. The lowest BCUT2D eigenvalue weighted by Gasteiger charge is -2.40. The van der Waals surface area contributed by atoms with Gasteiger partial charge in [0, 0.05) is 69.3 Å². The average Bonchev–Trinajstić information content (AvgIpc) is 3.23. The van der Waals surface area contributed by atoms with Crippen LogP contribution in [0.2, 0.25) is 0 Å². The van der Waals surface area contributed by atoms with Crippen LogP contribution in [0.5, 0.6) is 0 Å². The van der Waals surface area contributed by atoms with Gasteiger partial charge in [0.15, 0.2) is 0 Å². The first kappa shape index (κ1) is 23.4. The van der Waals surface area contributed by atoms with E-state index in [4.69, 9.17) is 4.74 Å². The minimum Gasteiger partial charge on any atom is -0.381 e. The van der Waals surface area contributed by atoms with E-state index in [2.05, 4.69) is 47.2 Å². The summed E-state index contributed by atoms with van der Waals surface area (Å²) in [5, 5.41) is 0. The topological polar surface area (TPSA) is 31.8 Å². The molecule has 4 rings (SSSR count). The van der Waals surface area contributed by atoms with Crippen LogP contribution in [0.3, 0.4) is 0 Å². The first-order valence-electron chi connectivity index (χ1n) is 11.7. The maximum atomic E-state index is 13.2. The SMILES string of the molecule is C=C(N1CCc2ncc(C(F)(F)F)cc2C1)N1CC(N(C)C2CCOCC2)C[C@H]1C(C)C. The smallest absolute Gasteiger partial charge is 0.381 e. The van der Waals surface area contributed by atoms with Crippen LogP contribution in [-0.2, 0) is 23.9 Å². The highest BCUT2D eigenvalue weighted by Gasteiger charge is 2.40. The molecule has 1 unspecified atom stereocenters. The zero-order valence-corrected chi connectivity index (χ0v) is 19.4. The first-order chi connectivity index (χ1) is 15.1. The molecule has 4 heterocycles. The summed E-state index contributed by atoms with van der Waals surface area (Å²) in [6.07, 6.45) is 0.429. The van der Waals surface area contributed by atoms with Gasteiger partial charge in [-0.25, -0.2) is 0 Å². The molecule has 0 N–H and O–H groups in total. The summed E-state index contributed by atoms with van der Waals surface area (Å²) in [5.74, 6) is 1.39. The summed E-state index contributed by atoms with van der Waals surface area (Å²) in [5.41, 5.74) is 0.743. The minimum atomic E-state index is -4.37. The van der Waals surface area contributed by atoms with Crippen molar-refractivity contribution in [3.63, 3.8) is 0 Å². The Bertz CT molecular complexity index is 822. The highest BCUT2D eigenvalue weighted by molar-refractivity contribution is 5.30. The fraction of sp³-hybridized carbons (Fsp3) is 0.708. The Morgan fingerprint density at radius 1 is 1.25 bits per heavy atom. The van der Waals surface area contributed by atoms with Crippen molar-refractivity contribution in [2.24, 2.45) is 5.92 Å². The van der Waals surface area contributed by atoms with Crippen molar-refractivity contribution >= 4 is 0 Å². The van der Waals surface area contributed by atoms with Crippen LogP contribution in [0.1, 0.15) is 49.9 Å². The second kappa shape index (κ2) is 9.21. The lowest BCUT2D eigenvalue weighted by Crippen LogP contribution is -2.45. The number of fused-ring (bicyclic) bond motifs is 1. The number of pyridine rings is 1. The van der Waals surface area contributed by atoms with Crippen LogP contribution in [-0.4, -0.2) is 71.2 Å². The average molecular weight is 453 g/mol. The Hall–Kier alpha value is -1.80. The molecular formula is C24H35F3N4O. The van der Waals surface area contributed by atoms with E-state index in [1.165, 1.54) is 6.07 Å². The third kappa shape index (κ3) is 4.76. The number of nitrogens with zero attached hydrogens (tertiary/aromatic N) is 4. The number of hydrogen-bond acceptors (Lipinski definition) is 5. The molecule has 1 aromatic rings. The highest BCUT2D eigenvalue weighted by atomic mass is 19.4. The predicted molar refractivity (Wildman–Crippen MR) is 118 cm³/mol. The van der Waals surface area contributed by atoms with Crippen molar-refractivity contribution in [3.05, 3.63) is 41.5 Å². The molecular weight excluding hydrogens is 417 g/mol. The number of likely N-dealkylation sites (tertiary alicyclic amines) is 1. The molecule has 0 saturated carbocycles. The number of aromatic nitrogens is 1. The van der Waals surface area contributed by atoms with Gasteiger partial charge < -0.3 is 14.5 Å². The molecule has 32 heavy (non-hydrogen) atoms. The van der Waals surface area contributed by atoms with Crippen molar-refractivity contribution in [2.45, 2.75) is 70.4 Å². The number of halogens is 3. The van der Waals surface area contributed by atoms with Crippen LogP contribution in [0.25, 0.3) is 0 Å². The van der Waals surface area contributed by atoms with Crippen LogP contribution in [0.15, 0.2) is 24.7 Å².